The van der Waals surface area contributed by atoms with Crippen LogP contribution < -0.4 is 0 Å². The van der Waals surface area contributed by atoms with Gasteiger partial charge in [0.25, 0.3) is 17.7 Å². The number of carbonyl (C=O) groups is 4. The molecule has 1 aliphatic heterocycles. The van der Waals surface area contributed by atoms with Gasteiger partial charge in [-0.15, -0.1) is 0 Å². The standard InChI is InChI=1S/C17H20N2O5S/c1-18(2)14(20)10-24-17(23)13(8-9-25-3)19-15(21)11-6-4-5-7-12(11)16(19)22/h4-7,13H,8-10H2,1-3H3/t13-/m1/s1. The highest BCUT2D eigenvalue weighted by atomic mass is 32.2. The molecule has 134 valence electrons. The molecule has 0 radical (unpaired) electrons. The van der Waals surface area contributed by atoms with E-state index in [1.165, 1.54) is 16.7 Å². The van der Waals surface area contributed by atoms with Crippen molar-refractivity contribution in [1.29, 1.82) is 0 Å². The van der Waals surface area contributed by atoms with Crippen molar-refractivity contribution in [2.24, 2.45) is 0 Å². The van der Waals surface area contributed by atoms with Crippen LogP contribution in [0.25, 0.3) is 0 Å². The third-order valence-corrected chi connectivity index (χ3v) is 4.49. The molecule has 1 aliphatic rings. The minimum absolute atomic E-state index is 0.265. The number of ether oxygens (including phenoxy) is 1. The Labute approximate surface area is 150 Å². The second-order valence-electron chi connectivity index (χ2n) is 5.72. The zero-order valence-electron chi connectivity index (χ0n) is 14.4. The van der Waals surface area contributed by atoms with E-state index in [9.17, 15) is 19.2 Å². The molecule has 25 heavy (non-hydrogen) atoms. The molecular weight excluding hydrogens is 344 g/mol. The molecule has 7 nitrogen and oxygen atoms in total. The highest BCUT2D eigenvalue weighted by Gasteiger charge is 2.43. The number of esters is 1. The summed E-state index contributed by atoms with van der Waals surface area (Å²) in [7, 11) is 3.09. The Balaban J connectivity index is 2.20. The van der Waals surface area contributed by atoms with E-state index in [0.29, 0.717) is 5.75 Å². The lowest BCUT2D eigenvalue weighted by Gasteiger charge is -2.24. The Morgan fingerprint density at radius 1 is 1.16 bits per heavy atom. The fraction of sp³-hybridized carbons (Fsp3) is 0.412. The van der Waals surface area contributed by atoms with Crippen molar-refractivity contribution in [1.82, 2.24) is 9.80 Å². The van der Waals surface area contributed by atoms with E-state index in [2.05, 4.69) is 0 Å². The van der Waals surface area contributed by atoms with Crippen LogP contribution in [0.5, 0.6) is 0 Å². The van der Waals surface area contributed by atoms with E-state index in [1.54, 1.807) is 38.4 Å². The molecule has 0 aromatic heterocycles. The van der Waals surface area contributed by atoms with Crippen LogP contribution in [0.2, 0.25) is 0 Å². The number of imide groups is 1. The molecule has 1 aromatic rings. The number of amides is 3. The average molecular weight is 364 g/mol. The number of fused-ring (bicyclic) bond motifs is 1. The summed E-state index contributed by atoms with van der Waals surface area (Å²) in [5.41, 5.74) is 0.553. The van der Waals surface area contributed by atoms with Crippen molar-refractivity contribution in [3.05, 3.63) is 35.4 Å². The molecule has 0 saturated heterocycles. The molecule has 0 unspecified atom stereocenters. The predicted octanol–water partition coefficient (Wildman–Crippen LogP) is 1.04. The number of benzene rings is 1. The Kier molecular flexibility index (Phi) is 6.19. The smallest absolute Gasteiger partial charge is 0.329 e. The Bertz CT molecular complexity index is 669. The SMILES string of the molecule is CSCC[C@H](C(=O)OCC(=O)N(C)C)N1C(=O)c2ccccc2C1=O. The third-order valence-electron chi connectivity index (χ3n) is 3.84. The van der Waals surface area contributed by atoms with Gasteiger partial charge in [0.15, 0.2) is 6.61 Å². The maximum absolute atomic E-state index is 12.6. The summed E-state index contributed by atoms with van der Waals surface area (Å²) in [6.45, 7) is -0.426. The summed E-state index contributed by atoms with van der Waals surface area (Å²) in [4.78, 5) is 51.5. The largest absolute Gasteiger partial charge is 0.454 e. The van der Waals surface area contributed by atoms with Gasteiger partial charge >= 0.3 is 5.97 Å². The van der Waals surface area contributed by atoms with Crippen molar-refractivity contribution in [3.8, 4) is 0 Å². The molecule has 8 heteroatoms. The minimum atomic E-state index is -1.05. The second kappa shape index (κ2) is 8.15. The predicted molar refractivity (Wildman–Crippen MR) is 93.4 cm³/mol. The average Bonchev–Trinajstić information content (AvgIpc) is 2.85. The first-order chi connectivity index (χ1) is 11.9. The molecule has 0 fully saturated rings. The van der Waals surface area contributed by atoms with E-state index < -0.39 is 30.4 Å². The minimum Gasteiger partial charge on any atom is -0.454 e. The molecule has 3 amide bonds. The third kappa shape index (κ3) is 4.01. The maximum Gasteiger partial charge on any atom is 0.329 e. The van der Waals surface area contributed by atoms with Gasteiger partial charge < -0.3 is 9.64 Å². The van der Waals surface area contributed by atoms with Crippen LogP contribution in [-0.4, -0.2) is 72.2 Å². The molecule has 1 atom stereocenters. The van der Waals surface area contributed by atoms with Gasteiger partial charge in [-0.3, -0.25) is 19.3 Å². The number of nitrogens with zero attached hydrogens (tertiary/aromatic N) is 2. The van der Waals surface area contributed by atoms with E-state index in [1.807, 2.05) is 6.26 Å². The fourth-order valence-corrected chi connectivity index (χ4v) is 2.89. The summed E-state index contributed by atoms with van der Waals surface area (Å²) in [5.74, 6) is -1.59. The van der Waals surface area contributed by atoms with Crippen LogP contribution >= 0.6 is 11.8 Å². The van der Waals surface area contributed by atoms with Gasteiger partial charge in [-0.2, -0.15) is 11.8 Å². The lowest BCUT2D eigenvalue weighted by molar-refractivity contribution is -0.154. The van der Waals surface area contributed by atoms with Gasteiger partial charge in [0.2, 0.25) is 0 Å². The van der Waals surface area contributed by atoms with E-state index >= 15 is 0 Å². The van der Waals surface area contributed by atoms with E-state index in [-0.39, 0.29) is 23.5 Å². The molecule has 0 saturated carbocycles. The van der Waals surface area contributed by atoms with Crippen LogP contribution in [0.4, 0.5) is 0 Å². The van der Waals surface area contributed by atoms with Crippen molar-refractivity contribution < 1.29 is 23.9 Å². The molecule has 0 spiro atoms. The first-order valence-electron chi connectivity index (χ1n) is 7.71. The first-order valence-corrected chi connectivity index (χ1v) is 9.10. The van der Waals surface area contributed by atoms with E-state index in [4.69, 9.17) is 4.74 Å². The van der Waals surface area contributed by atoms with Gasteiger partial charge in [-0.1, -0.05) is 12.1 Å². The van der Waals surface area contributed by atoms with Crippen molar-refractivity contribution >= 4 is 35.5 Å². The highest BCUT2D eigenvalue weighted by Crippen LogP contribution is 2.26. The van der Waals surface area contributed by atoms with Crippen LogP contribution in [0, 0.1) is 0 Å². The van der Waals surface area contributed by atoms with Gasteiger partial charge in [-0.25, -0.2) is 4.79 Å². The van der Waals surface area contributed by atoms with Crippen molar-refractivity contribution in [2.75, 3.05) is 32.7 Å². The molecule has 2 rings (SSSR count). The van der Waals surface area contributed by atoms with E-state index in [0.717, 1.165) is 4.90 Å². The van der Waals surface area contributed by atoms with Crippen LogP contribution in [0.15, 0.2) is 24.3 Å². The molecule has 0 bridgehead atoms. The normalized spacial score (nSPS) is 14.3. The zero-order valence-corrected chi connectivity index (χ0v) is 15.2. The second-order valence-corrected chi connectivity index (χ2v) is 6.70. The number of rotatable bonds is 7. The lowest BCUT2D eigenvalue weighted by Crippen LogP contribution is -2.46. The van der Waals surface area contributed by atoms with Crippen molar-refractivity contribution in [3.63, 3.8) is 0 Å². The Morgan fingerprint density at radius 3 is 2.20 bits per heavy atom. The van der Waals surface area contributed by atoms with Gasteiger partial charge in [0.05, 0.1) is 11.1 Å². The molecule has 1 heterocycles. The van der Waals surface area contributed by atoms with Crippen LogP contribution in [0.1, 0.15) is 27.1 Å². The summed E-state index contributed by atoms with van der Waals surface area (Å²) >= 11 is 1.49. The number of hydrogen-bond acceptors (Lipinski definition) is 6. The summed E-state index contributed by atoms with van der Waals surface area (Å²) < 4.78 is 5.05. The molecule has 1 aromatic carbocycles. The number of hydrogen-bond donors (Lipinski definition) is 0. The van der Waals surface area contributed by atoms with Gasteiger partial charge in [-0.05, 0) is 30.6 Å². The molecule has 0 aliphatic carbocycles. The number of thioether (sulfide) groups is 1. The fourth-order valence-electron chi connectivity index (χ4n) is 2.43. The zero-order chi connectivity index (χ0) is 18.6. The highest BCUT2D eigenvalue weighted by molar-refractivity contribution is 7.98. The maximum atomic E-state index is 12.6. The molecular formula is C17H20N2O5S. The quantitative estimate of drug-likeness (QED) is 0.531. The summed E-state index contributed by atoms with van der Waals surface area (Å²) in [6.07, 6.45) is 2.13. The number of carbonyl (C=O) groups excluding carboxylic acids is 4. The first kappa shape index (κ1) is 19.0. The monoisotopic (exact) mass is 364 g/mol. The Hall–Kier alpha value is -2.35. The lowest BCUT2D eigenvalue weighted by atomic mass is 10.1. The summed E-state index contributed by atoms with van der Waals surface area (Å²) in [6, 6.07) is 5.40. The van der Waals surface area contributed by atoms with Gasteiger partial charge in [0, 0.05) is 14.1 Å². The van der Waals surface area contributed by atoms with Crippen LogP contribution in [0.3, 0.4) is 0 Å². The summed E-state index contributed by atoms with van der Waals surface area (Å²) in [5, 5.41) is 0. The molecule has 0 N–H and O–H groups in total. The Morgan fingerprint density at radius 2 is 1.72 bits per heavy atom. The van der Waals surface area contributed by atoms with Crippen molar-refractivity contribution in [2.45, 2.75) is 12.5 Å². The van der Waals surface area contributed by atoms with Crippen LogP contribution in [-0.2, 0) is 14.3 Å². The number of likely N-dealkylation sites (N-methyl/N-ethyl adjacent to an activating group) is 1. The van der Waals surface area contributed by atoms with Gasteiger partial charge in [0.1, 0.15) is 6.04 Å². The topological polar surface area (TPSA) is 84.0 Å².